The number of ether oxygens (including phenoxy) is 1. The van der Waals surface area contributed by atoms with Gasteiger partial charge in [0.25, 0.3) is 0 Å². The van der Waals surface area contributed by atoms with E-state index >= 15 is 0 Å². The van der Waals surface area contributed by atoms with E-state index in [1.165, 1.54) is 28.6 Å². The molecular weight excluding hydrogens is 607 g/mol. The maximum Gasteiger partial charge on any atom is 0.416 e. The number of rotatable bonds is 10. The molecule has 0 aromatic heterocycles. The van der Waals surface area contributed by atoms with Gasteiger partial charge in [-0.05, 0) is 67.5 Å². The molecule has 0 aliphatic carbocycles. The summed E-state index contributed by atoms with van der Waals surface area (Å²) in [5.41, 5.74) is 0.302. The number of nitrogens with zero attached hydrogens (tertiary/aromatic N) is 2. The van der Waals surface area contributed by atoms with Crippen molar-refractivity contribution in [3.63, 3.8) is 0 Å². The summed E-state index contributed by atoms with van der Waals surface area (Å²) < 4.78 is 99.5. The van der Waals surface area contributed by atoms with E-state index in [0.717, 1.165) is 30.4 Å². The van der Waals surface area contributed by atoms with Crippen molar-refractivity contribution < 1.29 is 39.5 Å². The van der Waals surface area contributed by atoms with Crippen LogP contribution in [0.4, 0.5) is 13.2 Å². The van der Waals surface area contributed by atoms with Gasteiger partial charge in [-0.2, -0.15) is 17.5 Å². The second kappa shape index (κ2) is 12.3. The van der Waals surface area contributed by atoms with Crippen molar-refractivity contribution >= 4 is 26.0 Å². The number of fused-ring (bicyclic) bond motifs is 2. The molecule has 3 unspecified atom stereocenters. The Kier molecular flexibility index (Phi) is 9.06. The summed E-state index contributed by atoms with van der Waals surface area (Å²) in [5.74, 6) is -0.941. The Morgan fingerprint density at radius 1 is 1.00 bits per heavy atom. The smallest absolute Gasteiger partial charge is 0.371 e. The van der Waals surface area contributed by atoms with E-state index in [1.54, 1.807) is 17.0 Å². The normalized spacial score (nSPS) is 23.8. The van der Waals surface area contributed by atoms with Crippen molar-refractivity contribution in [3.05, 3.63) is 77.2 Å². The summed E-state index contributed by atoms with van der Waals surface area (Å²) in [7, 11) is -7.69. The highest BCUT2D eigenvalue weighted by Gasteiger charge is 2.39. The molecule has 9 nitrogen and oxygen atoms in total. The quantitative estimate of drug-likeness (QED) is 0.424. The minimum absolute atomic E-state index is 0.000117. The molecule has 0 spiro atoms. The Labute approximate surface area is 249 Å². The molecule has 3 fully saturated rings. The fraction of sp³-hybridized carbons (Fsp3) is 0.483. The minimum atomic E-state index is -4.48. The van der Waals surface area contributed by atoms with Gasteiger partial charge in [-0.1, -0.05) is 30.8 Å². The molecule has 43 heavy (non-hydrogen) atoms. The molecule has 0 saturated carbocycles. The largest absolute Gasteiger partial charge is 0.416 e. The number of amides is 1. The minimum Gasteiger partial charge on any atom is -0.371 e. The van der Waals surface area contributed by atoms with E-state index in [4.69, 9.17) is 4.74 Å². The number of hydrogen-bond donors (Lipinski definition) is 1. The van der Waals surface area contributed by atoms with Gasteiger partial charge in [-0.3, -0.25) is 4.79 Å². The fourth-order valence-electron chi connectivity index (χ4n) is 6.04. The fourth-order valence-corrected chi connectivity index (χ4v) is 8.27. The Bertz CT molecular complexity index is 1540. The van der Waals surface area contributed by atoms with E-state index in [-0.39, 0.29) is 42.5 Å². The number of benzene rings is 2. The van der Waals surface area contributed by atoms with Crippen molar-refractivity contribution in [2.75, 3.05) is 26.2 Å². The van der Waals surface area contributed by atoms with Crippen LogP contribution in [0.2, 0.25) is 0 Å². The summed E-state index contributed by atoms with van der Waals surface area (Å²) in [6.07, 6.45) is -1.67. The maximum absolute atomic E-state index is 13.9. The van der Waals surface area contributed by atoms with E-state index in [9.17, 15) is 34.8 Å². The van der Waals surface area contributed by atoms with Gasteiger partial charge in [0.05, 0.1) is 28.6 Å². The maximum atomic E-state index is 13.9. The summed E-state index contributed by atoms with van der Waals surface area (Å²) in [6.45, 7) is 4.25. The van der Waals surface area contributed by atoms with Crippen LogP contribution in [0.15, 0.2) is 65.4 Å². The molecule has 3 heterocycles. The van der Waals surface area contributed by atoms with Gasteiger partial charge in [0, 0.05) is 37.6 Å². The molecule has 234 valence electrons. The van der Waals surface area contributed by atoms with Crippen LogP contribution in [0, 0.1) is 0 Å². The van der Waals surface area contributed by atoms with E-state index in [1.807, 2.05) is 0 Å². The first-order valence-corrected chi connectivity index (χ1v) is 17.1. The van der Waals surface area contributed by atoms with Crippen LogP contribution in [-0.2, 0) is 42.2 Å². The van der Waals surface area contributed by atoms with Crippen LogP contribution in [0.25, 0.3) is 0 Å². The van der Waals surface area contributed by atoms with Crippen molar-refractivity contribution in [1.82, 2.24) is 13.9 Å². The first kappa shape index (κ1) is 31.6. The average molecular weight is 642 g/mol. The zero-order valence-corrected chi connectivity index (χ0v) is 25.0. The highest BCUT2D eigenvalue weighted by atomic mass is 32.2. The molecule has 2 bridgehead atoms. The molecule has 1 N–H and O–H groups in total. The lowest BCUT2D eigenvalue weighted by Gasteiger charge is -2.35. The van der Waals surface area contributed by atoms with Crippen molar-refractivity contribution in [1.29, 1.82) is 0 Å². The third-order valence-electron chi connectivity index (χ3n) is 8.33. The second-order valence-electron chi connectivity index (χ2n) is 11.2. The van der Waals surface area contributed by atoms with E-state index < -0.39 is 43.7 Å². The van der Waals surface area contributed by atoms with Crippen LogP contribution in [0.5, 0.6) is 0 Å². The lowest BCUT2D eigenvalue weighted by Crippen LogP contribution is -2.47. The number of likely N-dealkylation sites (tertiary alicyclic amines) is 1. The zero-order valence-electron chi connectivity index (χ0n) is 23.4. The predicted octanol–water partition coefficient (Wildman–Crippen LogP) is 3.64. The molecule has 2 aromatic carbocycles. The summed E-state index contributed by atoms with van der Waals surface area (Å²) in [5, 5.41) is 0.767. The van der Waals surface area contributed by atoms with Gasteiger partial charge in [0.2, 0.25) is 26.0 Å². The van der Waals surface area contributed by atoms with Gasteiger partial charge in [0.1, 0.15) is 0 Å². The molecule has 4 atom stereocenters. The highest BCUT2D eigenvalue weighted by molar-refractivity contribution is 7.92. The summed E-state index contributed by atoms with van der Waals surface area (Å²) in [4.78, 5) is 15.6. The number of sulfonamides is 2. The Morgan fingerprint density at radius 2 is 1.63 bits per heavy atom. The Balaban J connectivity index is 1.39. The van der Waals surface area contributed by atoms with Gasteiger partial charge in [-0.25, -0.2) is 21.6 Å². The standard InChI is InChI=1S/C29H34F3N3O6S2/c1-2-42(37,38)33-17-23-4-3-15-35(23)43(39,40)26-13-7-21(8-14-26)27(16-20-5-9-22(10-6-20)29(30,31)32)28(36)34-18-24-11-12-25(19-34)41-24/h2,5-10,13-14,23-25,27,33H,1,3-4,11-12,15-19H2/t23-,24?,25?,27?/m1/s1. The number of morpholine rings is 1. The highest BCUT2D eigenvalue weighted by Crippen LogP contribution is 2.33. The van der Waals surface area contributed by atoms with E-state index in [2.05, 4.69) is 11.3 Å². The van der Waals surface area contributed by atoms with Gasteiger partial charge >= 0.3 is 6.18 Å². The zero-order chi connectivity index (χ0) is 31.0. The van der Waals surface area contributed by atoms with Gasteiger partial charge in [0.15, 0.2) is 0 Å². The third-order valence-corrected chi connectivity index (χ3v) is 11.3. The summed E-state index contributed by atoms with van der Waals surface area (Å²) in [6, 6.07) is 10.1. The van der Waals surface area contributed by atoms with Gasteiger partial charge in [-0.15, -0.1) is 0 Å². The van der Waals surface area contributed by atoms with Crippen molar-refractivity contribution in [2.45, 2.75) is 67.3 Å². The van der Waals surface area contributed by atoms with Gasteiger partial charge < -0.3 is 9.64 Å². The number of carbonyl (C=O) groups is 1. The molecule has 3 aliphatic rings. The second-order valence-corrected chi connectivity index (χ2v) is 14.8. The average Bonchev–Trinajstić information content (AvgIpc) is 3.60. The van der Waals surface area contributed by atoms with Crippen LogP contribution < -0.4 is 4.72 Å². The van der Waals surface area contributed by atoms with Crippen molar-refractivity contribution in [3.8, 4) is 0 Å². The third kappa shape index (κ3) is 7.14. The SMILES string of the molecule is C=CS(=O)(=O)NC[C@H]1CCCN1S(=O)(=O)c1ccc(C(Cc2ccc(C(F)(F)F)cc2)C(=O)N2CC3CCC(C2)O3)cc1. The number of alkyl halides is 3. The van der Waals surface area contributed by atoms with Crippen LogP contribution in [0.1, 0.15) is 48.3 Å². The number of nitrogens with one attached hydrogen (secondary N) is 1. The van der Waals surface area contributed by atoms with Crippen LogP contribution in [0.3, 0.4) is 0 Å². The first-order valence-electron chi connectivity index (χ1n) is 14.1. The molecular formula is C29H34F3N3O6S2. The lowest BCUT2D eigenvalue weighted by atomic mass is 9.90. The van der Waals surface area contributed by atoms with E-state index in [0.29, 0.717) is 37.1 Å². The molecule has 3 saturated heterocycles. The predicted molar refractivity (Wildman–Crippen MR) is 153 cm³/mol. The molecule has 0 radical (unpaired) electrons. The molecule has 5 rings (SSSR count). The van der Waals surface area contributed by atoms with Crippen molar-refractivity contribution in [2.24, 2.45) is 0 Å². The summed E-state index contributed by atoms with van der Waals surface area (Å²) >= 11 is 0. The van der Waals surface area contributed by atoms with Crippen LogP contribution >= 0.6 is 0 Å². The molecule has 1 amide bonds. The Hall–Kier alpha value is -2.78. The Morgan fingerprint density at radius 3 is 2.21 bits per heavy atom. The number of halogens is 3. The lowest BCUT2D eigenvalue weighted by molar-refractivity contribution is -0.141. The molecule has 2 aromatic rings. The first-order chi connectivity index (χ1) is 20.3. The number of carbonyl (C=O) groups excluding carboxylic acids is 1. The molecule has 14 heteroatoms. The van der Waals surface area contributed by atoms with Crippen LogP contribution in [-0.4, -0.2) is 76.4 Å². The topological polar surface area (TPSA) is 113 Å². The molecule has 3 aliphatic heterocycles. The monoisotopic (exact) mass is 641 g/mol. The number of hydrogen-bond acceptors (Lipinski definition) is 6.